The number of halogens is 1. The van der Waals surface area contributed by atoms with Crippen molar-refractivity contribution in [1.82, 2.24) is 9.78 Å². The molecule has 0 amide bonds. The molecular weight excluding hydrogens is 235 g/mol. The fourth-order valence-electron chi connectivity index (χ4n) is 1.65. The summed E-state index contributed by atoms with van der Waals surface area (Å²) in [6, 6.07) is 4.44. The molecule has 2 rings (SSSR count). The molecule has 1 atom stereocenters. The molecule has 2 aromatic rings. The molecule has 0 aliphatic rings. The maximum Gasteiger partial charge on any atom is 0.132 e. The quantitative estimate of drug-likeness (QED) is 0.904. The molecule has 1 N–H and O–H groups in total. The second kappa shape index (κ2) is 5.18. The van der Waals surface area contributed by atoms with E-state index in [9.17, 15) is 9.50 Å². The predicted molar refractivity (Wildman–Crippen MR) is 64.6 cm³/mol. The van der Waals surface area contributed by atoms with Gasteiger partial charge in [-0.25, -0.2) is 4.39 Å². The van der Waals surface area contributed by atoms with Crippen LogP contribution in [0.5, 0.6) is 5.75 Å². The largest absolute Gasteiger partial charge is 0.489 e. The van der Waals surface area contributed by atoms with Gasteiger partial charge in [0.1, 0.15) is 18.2 Å². The second-order valence-corrected chi connectivity index (χ2v) is 4.17. The van der Waals surface area contributed by atoms with E-state index in [0.717, 1.165) is 5.56 Å². The van der Waals surface area contributed by atoms with E-state index in [4.69, 9.17) is 4.74 Å². The SMILES string of the molecule is C[C@H](O)c1ccc(OCc2cnn(C)c2)cc1F. The summed E-state index contributed by atoms with van der Waals surface area (Å²) in [6.07, 6.45) is 2.71. The molecule has 1 heterocycles. The van der Waals surface area contributed by atoms with Crippen molar-refractivity contribution in [2.24, 2.45) is 7.05 Å². The van der Waals surface area contributed by atoms with Gasteiger partial charge in [0.2, 0.25) is 0 Å². The lowest BCUT2D eigenvalue weighted by molar-refractivity contribution is 0.194. The van der Waals surface area contributed by atoms with Crippen molar-refractivity contribution in [3.63, 3.8) is 0 Å². The first-order valence-corrected chi connectivity index (χ1v) is 5.64. The summed E-state index contributed by atoms with van der Waals surface area (Å²) in [5.41, 5.74) is 1.18. The van der Waals surface area contributed by atoms with E-state index in [0.29, 0.717) is 12.4 Å². The van der Waals surface area contributed by atoms with Gasteiger partial charge in [-0.1, -0.05) is 0 Å². The minimum absolute atomic E-state index is 0.267. The van der Waals surface area contributed by atoms with Crippen molar-refractivity contribution in [2.45, 2.75) is 19.6 Å². The summed E-state index contributed by atoms with van der Waals surface area (Å²) in [4.78, 5) is 0. The first-order valence-electron chi connectivity index (χ1n) is 5.64. The Morgan fingerprint density at radius 3 is 2.83 bits per heavy atom. The molecule has 0 fully saturated rings. The fourth-order valence-corrected chi connectivity index (χ4v) is 1.65. The number of benzene rings is 1. The summed E-state index contributed by atoms with van der Waals surface area (Å²) < 4.78 is 20.7. The third-order valence-corrected chi connectivity index (χ3v) is 2.59. The van der Waals surface area contributed by atoms with Crippen LogP contribution in [0.25, 0.3) is 0 Å². The molecule has 0 unspecified atom stereocenters. The van der Waals surface area contributed by atoms with Gasteiger partial charge in [0.15, 0.2) is 0 Å². The summed E-state index contributed by atoms with van der Waals surface area (Å²) in [5.74, 6) is -0.0329. The molecular formula is C13H15FN2O2. The summed E-state index contributed by atoms with van der Waals surface area (Å²) in [5, 5.41) is 13.3. The third kappa shape index (κ3) is 2.87. The molecule has 0 spiro atoms. The van der Waals surface area contributed by atoms with Gasteiger partial charge in [-0.3, -0.25) is 4.68 Å². The monoisotopic (exact) mass is 250 g/mol. The van der Waals surface area contributed by atoms with E-state index in [-0.39, 0.29) is 5.56 Å². The minimum Gasteiger partial charge on any atom is -0.489 e. The van der Waals surface area contributed by atoms with E-state index < -0.39 is 11.9 Å². The van der Waals surface area contributed by atoms with E-state index in [1.165, 1.54) is 19.1 Å². The van der Waals surface area contributed by atoms with Crippen LogP contribution in [0.2, 0.25) is 0 Å². The standard InChI is InChI=1S/C13H15FN2O2/c1-9(17)12-4-3-11(5-13(12)14)18-8-10-6-15-16(2)7-10/h3-7,9,17H,8H2,1-2H3/t9-/m0/s1. The molecule has 5 heteroatoms. The summed E-state index contributed by atoms with van der Waals surface area (Å²) in [6.45, 7) is 1.86. The maximum atomic E-state index is 13.6. The Morgan fingerprint density at radius 2 is 2.28 bits per heavy atom. The number of aliphatic hydroxyl groups is 1. The zero-order chi connectivity index (χ0) is 13.1. The van der Waals surface area contributed by atoms with E-state index in [1.54, 1.807) is 16.9 Å². The first kappa shape index (κ1) is 12.6. The number of nitrogens with zero attached hydrogens (tertiary/aromatic N) is 2. The van der Waals surface area contributed by atoms with E-state index in [2.05, 4.69) is 5.10 Å². The Kier molecular flexibility index (Phi) is 3.62. The topological polar surface area (TPSA) is 47.3 Å². The second-order valence-electron chi connectivity index (χ2n) is 4.17. The van der Waals surface area contributed by atoms with Crippen LogP contribution in [0.15, 0.2) is 30.6 Å². The van der Waals surface area contributed by atoms with Gasteiger partial charge in [0.05, 0.1) is 12.3 Å². The molecule has 1 aromatic carbocycles. The maximum absolute atomic E-state index is 13.6. The molecule has 0 saturated heterocycles. The van der Waals surface area contributed by atoms with Gasteiger partial charge in [-0.15, -0.1) is 0 Å². The van der Waals surface area contributed by atoms with Crippen LogP contribution in [0.4, 0.5) is 4.39 Å². The van der Waals surface area contributed by atoms with Crippen LogP contribution in [0.3, 0.4) is 0 Å². The molecule has 4 nitrogen and oxygen atoms in total. The number of ether oxygens (including phenoxy) is 1. The molecule has 1 aromatic heterocycles. The van der Waals surface area contributed by atoms with Crippen LogP contribution < -0.4 is 4.74 Å². The normalized spacial score (nSPS) is 12.4. The Morgan fingerprint density at radius 1 is 1.50 bits per heavy atom. The van der Waals surface area contributed by atoms with Gasteiger partial charge in [-0.05, 0) is 19.1 Å². The average molecular weight is 250 g/mol. The number of hydrogen-bond acceptors (Lipinski definition) is 3. The highest BCUT2D eigenvalue weighted by molar-refractivity contribution is 5.30. The molecule has 0 aliphatic carbocycles. The molecule has 96 valence electrons. The number of aryl methyl sites for hydroxylation is 1. The number of rotatable bonds is 4. The van der Waals surface area contributed by atoms with Gasteiger partial charge in [0, 0.05) is 30.4 Å². The molecule has 0 aliphatic heterocycles. The number of aromatic nitrogens is 2. The molecule has 18 heavy (non-hydrogen) atoms. The van der Waals surface area contributed by atoms with Crippen molar-refractivity contribution in [1.29, 1.82) is 0 Å². The lowest BCUT2D eigenvalue weighted by Crippen LogP contribution is -1.98. The highest BCUT2D eigenvalue weighted by atomic mass is 19.1. The van der Waals surface area contributed by atoms with Crippen LogP contribution >= 0.6 is 0 Å². The number of aliphatic hydroxyl groups excluding tert-OH is 1. The van der Waals surface area contributed by atoms with Gasteiger partial charge in [0.25, 0.3) is 0 Å². The highest BCUT2D eigenvalue weighted by Gasteiger charge is 2.09. The van der Waals surface area contributed by atoms with Crippen molar-refractivity contribution < 1.29 is 14.2 Å². The van der Waals surface area contributed by atoms with E-state index >= 15 is 0 Å². The highest BCUT2D eigenvalue weighted by Crippen LogP contribution is 2.22. The Hall–Kier alpha value is -1.88. The zero-order valence-corrected chi connectivity index (χ0v) is 10.3. The van der Waals surface area contributed by atoms with E-state index in [1.807, 2.05) is 13.2 Å². The van der Waals surface area contributed by atoms with Crippen LogP contribution in [0, 0.1) is 5.82 Å². The van der Waals surface area contributed by atoms with Crippen molar-refractivity contribution in [3.8, 4) is 5.75 Å². The van der Waals surface area contributed by atoms with Crippen molar-refractivity contribution in [3.05, 3.63) is 47.5 Å². The van der Waals surface area contributed by atoms with Crippen LogP contribution in [-0.2, 0) is 13.7 Å². The Labute approximate surface area is 105 Å². The van der Waals surface area contributed by atoms with Crippen LogP contribution in [0.1, 0.15) is 24.2 Å². The summed E-state index contributed by atoms with van der Waals surface area (Å²) in [7, 11) is 1.82. The minimum atomic E-state index is -0.822. The zero-order valence-electron chi connectivity index (χ0n) is 10.3. The first-order chi connectivity index (χ1) is 8.56. The van der Waals surface area contributed by atoms with Crippen molar-refractivity contribution >= 4 is 0 Å². The van der Waals surface area contributed by atoms with Gasteiger partial charge < -0.3 is 9.84 Å². The van der Waals surface area contributed by atoms with Gasteiger partial charge >= 0.3 is 0 Å². The Balaban J connectivity index is 2.04. The Bertz CT molecular complexity index is 538. The number of hydrogen-bond donors (Lipinski definition) is 1. The van der Waals surface area contributed by atoms with Crippen LogP contribution in [-0.4, -0.2) is 14.9 Å². The fraction of sp³-hybridized carbons (Fsp3) is 0.308. The summed E-state index contributed by atoms with van der Waals surface area (Å²) >= 11 is 0. The van der Waals surface area contributed by atoms with Crippen molar-refractivity contribution in [2.75, 3.05) is 0 Å². The molecule has 0 saturated carbocycles. The molecule has 0 bridgehead atoms. The molecule has 0 radical (unpaired) electrons. The third-order valence-electron chi connectivity index (χ3n) is 2.59. The predicted octanol–water partition coefficient (Wildman–Crippen LogP) is 2.19. The van der Waals surface area contributed by atoms with Gasteiger partial charge in [-0.2, -0.15) is 5.10 Å². The lowest BCUT2D eigenvalue weighted by atomic mass is 10.1. The average Bonchev–Trinajstić information content (AvgIpc) is 2.72. The lowest BCUT2D eigenvalue weighted by Gasteiger charge is -2.09. The smallest absolute Gasteiger partial charge is 0.132 e.